The van der Waals surface area contributed by atoms with Gasteiger partial charge in [0.25, 0.3) is 0 Å². The van der Waals surface area contributed by atoms with Crippen molar-refractivity contribution in [2.24, 2.45) is 0 Å². The molecule has 0 unspecified atom stereocenters. The monoisotopic (exact) mass is 266 g/mol. The normalized spacial score (nSPS) is 10.3. The van der Waals surface area contributed by atoms with Crippen molar-refractivity contribution in [3.05, 3.63) is 41.1 Å². The fraction of sp³-hybridized carbons (Fsp3) is 0.167. The molecular formula is C12H11BrO2. The van der Waals surface area contributed by atoms with Gasteiger partial charge < -0.3 is 9.15 Å². The molecule has 3 heteroatoms. The van der Waals surface area contributed by atoms with Crippen LogP contribution in [-0.2, 0) is 0 Å². The summed E-state index contributed by atoms with van der Waals surface area (Å²) in [5, 5.41) is 0. The second kappa shape index (κ2) is 4.53. The van der Waals surface area contributed by atoms with Gasteiger partial charge >= 0.3 is 0 Å². The van der Waals surface area contributed by atoms with Crippen molar-refractivity contribution in [2.75, 3.05) is 6.61 Å². The van der Waals surface area contributed by atoms with Gasteiger partial charge in [-0.1, -0.05) is 15.9 Å². The van der Waals surface area contributed by atoms with E-state index in [0.29, 0.717) is 6.61 Å². The Bertz CT molecular complexity index is 435. The molecule has 78 valence electrons. The predicted octanol–water partition coefficient (Wildman–Crippen LogP) is 4.11. The zero-order valence-electron chi connectivity index (χ0n) is 8.37. The van der Waals surface area contributed by atoms with E-state index in [1.807, 2.05) is 37.3 Å². The second-order valence-electron chi connectivity index (χ2n) is 3.05. The summed E-state index contributed by atoms with van der Waals surface area (Å²) in [6, 6.07) is 9.67. The molecule has 0 aliphatic carbocycles. The third-order valence-electron chi connectivity index (χ3n) is 2.03. The number of halogens is 1. The first kappa shape index (κ1) is 10.3. The summed E-state index contributed by atoms with van der Waals surface area (Å²) in [4.78, 5) is 0. The SMILES string of the molecule is CCOc1ccc(Br)cc1-c1ccco1. The summed E-state index contributed by atoms with van der Waals surface area (Å²) in [6.07, 6.45) is 1.66. The molecule has 0 saturated carbocycles. The molecule has 0 N–H and O–H groups in total. The summed E-state index contributed by atoms with van der Waals surface area (Å²) in [5.41, 5.74) is 0.969. The lowest BCUT2D eigenvalue weighted by Gasteiger charge is -2.08. The summed E-state index contributed by atoms with van der Waals surface area (Å²) in [6.45, 7) is 2.61. The van der Waals surface area contributed by atoms with E-state index >= 15 is 0 Å². The minimum Gasteiger partial charge on any atom is -0.493 e. The van der Waals surface area contributed by atoms with Gasteiger partial charge in [-0.05, 0) is 37.3 Å². The molecule has 2 aromatic rings. The third kappa shape index (κ3) is 2.23. The van der Waals surface area contributed by atoms with E-state index in [2.05, 4.69) is 15.9 Å². The minimum atomic E-state index is 0.648. The highest BCUT2D eigenvalue weighted by Crippen LogP contribution is 2.32. The first-order valence-corrected chi connectivity index (χ1v) is 5.57. The maximum absolute atomic E-state index is 5.53. The van der Waals surface area contributed by atoms with Crippen molar-refractivity contribution in [1.82, 2.24) is 0 Å². The average molecular weight is 267 g/mol. The maximum Gasteiger partial charge on any atom is 0.137 e. The van der Waals surface area contributed by atoms with E-state index < -0.39 is 0 Å². The topological polar surface area (TPSA) is 22.4 Å². The Labute approximate surface area is 97.0 Å². The van der Waals surface area contributed by atoms with Crippen LogP contribution in [-0.4, -0.2) is 6.61 Å². The van der Waals surface area contributed by atoms with Crippen LogP contribution in [0.3, 0.4) is 0 Å². The van der Waals surface area contributed by atoms with E-state index in [0.717, 1.165) is 21.5 Å². The molecule has 0 aliphatic rings. The lowest BCUT2D eigenvalue weighted by molar-refractivity contribution is 0.340. The molecule has 2 nitrogen and oxygen atoms in total. The first-order valence-electron chi connectivity index (χ1n) is 4.77. The molecule has 0 aliphatic heterocycles. The lowest BCUT2D eigenvalue weighted by atomic mass is 10.1. The van der Waals surface area contributed by atoms with Crippen LogP contribution < -0.4 is 4.74 Å². The number of benzene rings is 1. The molecule has 0 fully saturated rings. The Kier molecular flexibility index (Phi) is 3.11. The van der Waals surface area contributed by atoms with Gasteiger partial charge in [0, 0.05) is 4.47 Å². The second-order valence-corrected chi connectivity index (χ2v) is 3.97. The molecule has 0 atom stereocenters. The molecular weight excluding hydrogens is 256 g/mol. The Morgan fingerprint density at radius 1 is 1.33 bits per heavy atom. The highest BCUT2D eigenvalue weighted by Gasteiger charge is 2.08. The van der Waals surface area contributed by atoms with Crippen LogP contribution in [0.4, 0.5) is 0 Å². The van der Waals surface area contributed by atoms with E-state index in [1.165, 1.54) is 0 Å². The van der Waals surface area contributed by atoms with Gasteiger partial charge in [0.1, 0.15) is 11.5 Å². The summed E-state index contributed by atoms with van der Waals surface area (Å²) in [7, 11) is 0. The number of rotatable bonds is 3. The van der Waals surface area contributed by atoms with Crippen molar-refractivity contribution in [2.45, 2.75) is 6.92 Å². The smallest absolute Gasteiger partial charge is 0.137 e. The number of ether oxygens (including phenoxy) is 1. The highest BCUT2D eigenvalue weighted by atomic mass is 79.9. The van der Waals surface area contributed by atoms with Gasteiger partial charge in [-0.3, -0.25) is 0 Å². The van der Waals surface area contributed by atoms with Crippen molar-refractivity contribution < 1.29 is 9.15 Å². The molecule has 1 aromatic carbocycles. The Hall–Kier alpha value is -1.22. The minimum absolute atomic E-state index is 0.648. The molecule has 0 bridgehead atoms. The largest absolute Gasteiger partial charge is 0.493 e. The van der Waals surface area contributed by atoms with Gasteiger partial charge in [0.15, 0.2) is 0 Å². The molecule has 0 spiro atoms. The van der Waals surface area contributed by atoms with Gasteiger partial charge in [-0.15, -0.1) is 0 Å². The average Bonchev–Trinajstić information content (AvgIpc) is 2.74. The predicted molar refractivity (Wildman–Crippen MR) is 63.0 cm³/mol. The fourth-order valence-corrected chi connectivity index (χ4v) is 1.77. The van der Waals surface area contributed by atoms with Crippen molar-refractivity contribution >= 4 is 15.9 Å². The molecule has 0 saturated heterocycles. The molecule has 1 heterocycles. The van der Waals surface area contributed by atoms with Crippen LogP contribution in [0.25, 0.3) is 11.3 Å². The van der Waals surface area contributed by atoms with E-state index in [4.69, 9.17) is 9.15 Å². The van der Waals surface area contributed by atoms with Crippen LogP contribution in [0, 0.1) is 0 Å². The summed E-state index contributed by atoms with van der Waals surface area (Å²) >= 11 is 3.44. The van der Waals surface area contributed by atoms with E-state index in [1.54, 1.807) is 6.26 Å². The van der Waals surface area contributed by atoms with Crippen molar-refractivity contribution in [3.63, 3.8) is 0 Å². The Balaban J connectivity index is 2.47. The van der Waals surface area contributed by atoms with Gasteiger partial charge in [0.2, 0.25) is 0 Å². The van der Waals surface area contributed by atoms with Crippen molar-refractivity contribution in [3.8, 4) is 17.1 Å². The van der Waals surface area contributed by atoms with E-state index in [9.17, 15) is 0 Å². The number of hydrogen-bond acceptors (Lipinski definition) is 2. The van der Waals surface area contributed by atoms with Gasteiger partial charge in [0.05, 0.1) is 18.4 Å². The Morgan fingerprint density at radius 3 is 2.87 bits per heavy atom. The zero-order valence-corrected chi connectivity index (χ0v) is 9.95. The Morgan fingerprint density at radius 2 is 2.20 bits per heavy atom. The van der Waals surface area contributed by atoms with E-state index in [-0.39, 0.29) is 0 Å². The van der Waals surface area contributed by atoms with Crippen LogP contribution in [0.15, 0.2) is 45.5 Å². The zero-order chi connectivity index (χ0) is 10.7. The maximum atomic E-state index is 5.53. The molecule has 2 rings (SSSR count). The summed E-state index contributed by atoms with van der Waals surface area (Å²) in [5.74, 6) is 1.66. The van der Waals surface area contributed by atoms with Crippen LogP contribution in [0.5, 0.6) is 5.75 Å². The lowest BCUT2D eigenvalue weighted by Crippen LogP contribution is -1.93. The molecule has 0 amide bonds. The number of furan rings is 1. The molecule has 15 heavy (non-hydrogen) atoms. The van der Waals surface area contributed by atoms with Crippen LogP contribution >= 0.6 is 15.9 Å². The third-order valence-corrected chi connectivity index (χ3v) is 2.52. The molecule has 1 aromatic heterocycles. The van der Waals surface area contributed by atoms with Crippen molar-refractivity contribution in [1.29, 1.82) is 0 Å². The van der Waals surface area contributed by atoms with Crippen LogP contribution in [0.2, 0.25) is 0 Å². The van der Waals surface area contributed by atoms with Gasteiger partial charge in [-0.25, -0.2) is 0 Å². The molecule has 0 radical (unpaired) electrons. The number of hydrogen-bond donors (Lipinski definition) is 0. The van der Waals surface area contributed by atoms with Crippen LogP contribution in [0.1, 0.15) is 6.92 Å². The highest BCUT2D eigenvalue weighted by molar-refractivity contribution is 9.10. The fourth-order valence-electron chi connectivity index (χ4n) is 1.41. The standard InChI is InChI=1S/C12H11BrO2/c1-2-14-12-6-5-9(13)8-10(12)11-4-3-7-15-11/h3-8H,2H2,1H3. The summed E-state index contributed by atoms with van der Waals surface area (Å²) < 4.78 is 11.9. The van der Waals surface area contributed by atoms with Gasteiger partial charge in [-0.2, -0.15) is 0 Å². The first-order chi connectivity index (χ1) is 7.31. The quantitative estimate of drug-likeness (QED) is 0.835.